The Kier molecular flexibility index (Phi) is 8.17. The molecule has 1 fully saturated rings. The number of nitrogens with one attached hydrogen (secondary N) is 1. The van der Waals surface area contributed by atoms with Gasteiger partial charge in [0.05, 0.1) is 34.8 Å². The van der Waals surface area contributed by atoms with Crippen LogP contribution in [0.5, 0.6) is 5.75 Å². The number of piperidine rings is 1. The topological polar surface area (TPSA) is 128 Å². The number of carbonyl (C=O) groups excluding carboxylic acids is 2. The van der Waals surface area contributed by atoms with Crippen molar-refractivity contribution < 1.29 is 36.4 Å². The minimum atomic E-state index is -4.55. The third-order valence-corrected chi connectivity index (χ3v) is 8.40. The second-order valence-electron chi connectivity index (χ2n) is 8.15. The van der Waals surface area contributed by atoms with E-state index in [1.54, 1.807) is 18.2 Å². The van der Waals surface area contributed by atoms with Crippen LogP contribution in [-0.4, -0.2) is 52.3 Å². The van der Waals surface area contributed by atoms with E-state index in [1.807, 2.05) is 0 Å². The normalized spacial score (nSPS) is 15.0. The first kappa shape index (κ1) is 27.0. The molecule has 3 heterocycles. The number of methoxy groups -OCH3 is 2. The van der Waals surface area contributed by atoms with Gasteiger partial charge in [0.1, 0.15) is 16.8 Å². The summed E-state index contributed by atoms with van der Waals surface area (Å²) in [4.78, 5) is 26.4. The molecule has 1 N–H and O–H groups in total. The Morgan fingerprint density at radius 2 is 2.08 bits per heavy atom. The molecule has 1 amide bonds. The fraction of sp³-hybridized carbons (Fsp3) is 0.348. The van der Waals surface area contributed by atoms with Gasteiger partial charge < -0.3 is 18.9 Å². The number of sulfonamides is 1. The molecule has 14 heteroatoms. The molecular weight excluding hydrogens is 549 g/mol. The Balaban J connectivity index is 1.65. The van der Waals surface area contributed by atoms with E-state index in [2.05, 4.69) is 9.88 Å². The van der Waals surface area contributed by atoms with E-state index in [9.17, 15) is 22.4 Å². The summed E-state index contributed by atoms with van der Waals surface area (Å²) in [7, 11) is -2.22. The van der Waals surface area contributed by atoms with Gasteiger partial charge in [0.2, 0.25) is 15.9 Å². The Morgan fingerprint density at radius 3 is 2.73 bits per heavy atom. The molecule has 2 aromatic heterocycles. The predicted octanol–water partition coefficient (Wildman–Crippen LogP) is 3.78. The van der Waals surface area contributed by atoms with Crippen LogP contribution >= 0.6 is 22.9 Å². The molecule has 1 atom stereocenters. The van der Waals surface area contributed by atoms with Crippen molar-refractivity contribution in [1.82, 2.24) is 9.88 Å². The van der Waals surface area contributed by atoms with E-state index in [-0.39, 0.29) is 35.9 Å². The monoisotopic (exact) mass is 571 g/mol. The maximum Gasteiger partial charge on any atom is 0.324 e. The average Bonchev–Trinajstić information content (AvgIpc) is 3.51. The second-order valence-corrected chi connectivity index (χ2v) is 11.5. The van der Waals surface area contributed by atoms with Gasteiger partial charge in [-0.05, 0) is 31.0 Å². The maximum atomic E-state index is 14.6. The van der Waals surface area contributed by atoms with Crippen molar-refractivity contribution in [3.63, 3.8) is 0 Å². The van der Waals surface area contributed by atoms with E-state index >= 15 is 0 Å². The molecule has 0 spiro atoms. The summed E-state index contributed by atoms with van der Waals surface area (Å²) in [6, 6.07) is 5.36. The lowest BCUT2D eigenvalue weighted by molar-refractivity contribution is -0.142. The molecule has 37 heavy (non-hydrogen) atoms. The molecular formula is C23H23ClFN3O7S2. The number of nitrogens with zero attached hydrogens (tertiary/aromatic N) is 2. The summed E-state index contributed by atoms with van der Waals surface area (Å²) < 4.78 is 59.6. The van der Waals surface area contributed by atoms with Gasteiger partial charge in [-0.2, -0.15) is 4.72 Å². The lowest BCUT2D eigenvalue weighted by Crippen LogP contribution is -2.43. The van der Waals surface area contributed by atoms with E-state index in [4.69, 9.17) is 25.6 Å². The number of rotatable bonds is 9. The number of hydrogen-bond donors (Lipinski definition) is 1. The molecule has 3 aromatic rings. The zero-order chi connectivity index (χ0) is 26.7. The van der Waals surface area contributed by atoms with Crippen LogP contribution in [0.15, 0.2) is 39.8 Å². The summed E-state index contributed by atoms with van der Waals surface area (Å²) >= 11 is 7.22. The minimum absolute atomic E-state index is 0.00190. The number of aromatic nitrogens is 1. The molecule has 10 nitrogen and oxygen atoms in total. The number of esters is 1. The van der Waals surface area contributed by atoms with Crippen molar-refractivity contribution in [2.45, 2.75) is 36.6 Å². The number of halogens is 2. The van der Waals surface area contributed by atoms with Crippen molar-refractivity contribution in [2.24, 2.45) is 0 Å². The second kappa shape index (κ2) is 11.2. The summed E-state index contributed by atoms with van der Waals surface area (Å²) in [5, 5.41) is 3.91. The molecule has 1 aliphatic rings. The third kappa shape index (κ3) is 5.95. The molecule has 0 bridgehead atoms. The summed E-state index contributed by atoms with van der Waals surface area (Å²) in [6.45, 7) is 0.292. The number of anilines is 1. The van der Waals surface area contributed by atoms with Gasteiger partial charge in [-0.3, -0.25) is 9.59 Å². The van der Waals surface area contributed by atoms with Crippen LogP contribution in [-0.2, 0) is 30.8 Å². The lowest BCUT2D eigenvalue weighted by atomic mass is 10.1. The predicted molar refractivity (Wildman–Crippen MR) is 134 cm³/mol. The molecule has 0 radical (unpaired) electrons. The van der Waals surface area contributed by atoms with Crippen molar-refractivity contribution in [3.8, 4) is 16.4 Å². The summed E-state index contributed by atoms with van der Waals surface area (Å²) in [5.74, 6) is -1.88. The van der Waals surface area contributed by atoms with Gasteiger partial charge in [0.15, 0.2) is 11.5 Å². The smallest absolute Gasteiger partial charge is 0.324 e. The highest BCUT2D eigenvalue weighted by Crippen LogP contribution is 2.38. The van der Waals surface area contributed by atoms with Crippen LogP contribution in [0.4, 0.5) is 10.1 Å². The molecule has 1 unspecified atom stereocenters. The SMILES string of the molecule is COC(=O)C(Cc1cc(-c2ccc(Cl)s2)on1)NS(=O)(=O)c1cc(F)cc(N2CCCCC2=O)c1OC. The molecule has 1 aliphatic heterocycles. The maximum absolute atomic E-state index is 14.6. The summed E-state index contributed by atoms with van der Waals surface area (Å²) in [5.41, 5.74) is 0.265. The fourth-order valence-electron chi connectivity index (χ4n) is 3.97. The highest BCUT2D eigenvalue weighted by molar-refractivity contribution is 7.89. The molecule has 0 aliphatic carbocycles. The molecule has 4 rings (SSSR count). The summed E-state index contributed by atoms with van der Waals surface area (Å²) in [6.07, 6.45) is 1.39. The molecule has 1 saturated heterocycles. The number of benzene rings is 1. The van der Waals surface area contributed by atoms with Crippen LogP contribution in [0.3, 0.4) is 0 Å². The van der Waals surface area contributed by atoms with Crippen LogP contribution in [0.2, 0.25) is 4.34 Å². The molecule has 1 aromatic carbocycles. The van der Waals surface area contributed by atoms with Gasteiger partial charge in [-0.15, -0.1) is 11.3 Å². The highest BCUT2D eigenvalue weighted by Gasteiger charge is 2.33. The number of amides is 1. The Morgan fingerprint density at radius 1 is 1.30 bits per heavy atom. The number of thiophene rings is 1. The highest BCUT2D eigenvalue weighted by atomic mass is 35.5. The average molecular weight is 572 g/mol. The molecule has 198 valence electrons. The third-order valence-electron chi connectivity index (χ3n) is 5.68. The van der Waals surface area contributed by atoms with Gasteiger partial charge in [0.25, 0.3) is 0 Å². The number of carbonyl (C=O) groups is 2. The largest absolute Gasteiger partial charge is 0.493 e. The Bertz CT molecular complexity index is 1420. The minimum Gasteiger partial charge on any atom is -0.493 e. The van der Waals surface area contributed by atoms with E-state index in [1.165, 1.54) is 23.3 Å². The van der Waals surface area contributed by atoms with Crippen LogP contribution in [0.1, 0.15) is 25.0 Å². The lowest BCUT2D eigenvalue weighted by Gasteiger charge is -2.29. The van der Waals surface area contributed by atoms with Gasteiger partial charge in [0, 0.05) is 31.5 Å². The first-order valence-corrected chi connectivity index (χ1v) is 13.8. The molecule has 0 saturated carbocycles. The standard InChI is InChI=1S/C23H23ClFN3O7S2/c1-33-22-16(28-8-4-3-5-21(28)29)9-13(25)10-19(22)37(31,32)27-15(23(30)34-2)11-14-12-17(35-26-14)18-6-7-20(24)36-18/h6-7,9-10,12,15,27H,3-5,8,11H2,1-2H3. The first-order valence-electron chi connectivity index (χ1n) is 11.1. The van der Waals surface area contributed by atoms with E-state index < -0.39 is 32.7 Å². The van der Waals surface area contributed by atoms with E-state index in [0.717, 1.165) is 19.2 Å². The zero-order valence-corrected chi connectivity index (χ0v) is 22.2. The first-order chi connectivity index (χ1) is 17.6. The quantitative estimate of drug-likeness (QED) is 0.384. The van der Waals surface area contributed by atoms with Crippen molar-refractivity contribution in [1.29, 1.82) is 0 Å². The Labute approximate surface area is 221 Å². The Hall–Kier alpha value is -3.00. The van der Waals surface area contributed by atoms with Gasteiger partial charge >= 0.3 is 5.97 Å². The zero-order valence-electron chi connectivity index (χ0n) is 19.8. The number of ether oxygens (including phenoxy) is 2. The number of hydrogen-bond acceptors (Lipinski definition) is 9. The van der Waals surface area contributed by atoms with Crippen LogP contribution in [0, 0.1) is 5.82 Å². The van der Waals surface area contributed by atoms with Gasteiger partial charge in [-0.1, -0.05) is 16.8 Å². The van der Waals surface area contributed by atoms with Crippen molar-refractivity contribution in [3.05, 3.63) is 46.2 Å². The fourth-order valence-corrected chi connectivity index (χ4v) is 6.34. The van der Waals surface area contributed by atoms with Crippen LogP contribution in [0.25, 0.3) is 10.6 Å². The van der Waals surface area contributed by atoms with Gasteiger partial charge in [-0.25, -0.2) is 12.8 Å². The van der Waals surface area contributed by atoms with Crippen molar-refractivity contribution >= 4 is 50.5 Å². The van der Waals surface area contributed by atoms with Crippen LogP contribution < -0.4 is 14.4 Å². The van der Waals surface area contributed by atoms with Crippen molar-refractivity contribution in [2.75, 3.05) is 25.7 Å². The van der Waals surface area contributed by atoms with E-state index in [0.29, 0.717) is 34.4 Å².